The van der Waals surface area contributed by atoms with Gasteiger partial charge in [-0.2, -0.15) is 0 Å². The van der Waals surface area contributed by atoms with Crippen LogP contribution in [0.2, 0.25) is 0 Å². The third-order valence-electron chi connectivity index (χ3n) is 9.15. The van der Waals surface area contributed by atoms with Gasteiger partial charge in [-0.05, 0) is 73.6 Å². The molecule has 2 aromatic carbocycles. The van der Waals surface area contributed by atoms with E-state index in [0.717, 1.165) is 46.9 Å². The number of aliphatic hydroxyl groups excluding tert-OH is 1. The Morgan fingerprint density at radius 2 is 1.80 bits per heavy atom. The first-order valence-corrected chi connectivity index (χ1v) is 17.7. The number of carbonyl (C=O) groups excluding carboxylic acids is 4. The van der Waals surface area contributed by atoms with Gasteiger partial charge in [0.15, 0.2) is 6.10 Å². The molecule has 3 amide bonds. The molecule has 6 N–H and O–H groups in total. The Morgan fingerprint density at radius 1 is 1.13 bits per heavy atom. The lowest BCUT2D eigenvalue weighted by molar-refractivity contribution is -0.157. The van der Waals surface area contributed by atoms with Crippen molar-refractivity contribution in [2.75, 3.05) is 26.0 Å². The number of nitrogens with one attached hydrogen (secondary N) is 3. The molecule has 14 nitrogen and oxygen atoms in total. The summed E-state index contributed by atoms with van der Waals surface area (Å²) in [6.45, 7) is 8.04. The number of methoxy groups -OCH3 is 1. The van der Waals surface area contributed by atoms with Crippen LogP contribution < -0.4 is 27.2 Å². The largest absolute Gasteiger partial charge is 0.458 e. The molecule has 0 saturated carbocycles. The van der Waals surface area contributed by atoms with E-state index in [-0.39, 0.29) is 41.9 Å². The maximum Gasteiger partial charge on any atom is 0.340 e. The van der Waals surface area contributed by atoms with E-state index in [1.165, 1.54) is 6.07 Å². The first-order chi connectivity index (χ1) is 25.9. The van der Waals surface area contributed by atoms with Crippen LogP contribution in [0.4, 0.5) is 10.1 Å². The van der Waals surface area contributed by atoms with Crippen molar-refractivity contribution in [1.82, 2.24) is 20.2 Å². The summed E-state index contributed by atoms with van der Waals surface area (Å²) >= 11 is 0. The SMILES string of the molecule is CC.CNC=O.COCc1ccc(NC(=O)[C@H](C)NC(=O)CN)cc1.Cc1c(F)cc2nc3c(c4c2c1CCC4)Cn1c-3cc2c(c1=O)COC(=O)C2O. The molecule has 0 fully saturated rings. The summed E-state index contributed by atoms with van der Waals surface area (Å²) in [6.07, 6.45) is 1.74. The summed E-state index contributed by atoms with van der Waals surface area (Å²) in [5.74, 6) is -1.69. The van der Waals surface area contributed by atoms with Gasteiger partial charge in [0, 0.05) is 42.4 Å². The number of amides is 3. The number of nitrogens with two attached hydrogens (primary N) is 1. The Labute approximate surface area is 312 Å². The maximum atomic E-state index is 14.5. The smallest absolute Gasteiger partial charge is 0.340 e. The molecule has 2 aliphatic heterocycles. The van der Waals surface area contributed by atoms with Crippen LogP contribution in [0, 0.1) is 12.7 Å². The summed E-state index contributed by atoms with van der Waals surface area (Å²) in [5, 5.41) is 18.7. The lowest BCUT2D eigenvalue weighted by Crippen LogP contribution is -2.44. The van der Waals surface area contributed by atoms with Crippen molar-refractivity contribution in [2.24, 2.45) is 5.73 Å². The second-order valence-electron chi connectivity index (χ2n) is 12.5. The van der Waals surface area contributed by atoms with Crippen molar-refractivity contribution in [3.8, 4) is 11.4 Å². The van der Waals surface area contributed by atoms with Crippen LogP contribution in [-0.2, 0) is 61.3 Å². The maximum absolute atomic E-state index is 14.5. The van der Waals surface area contributed by atoms with Crippen molar-refractivity contribution in [3.63, 3.8) is 0 Å². The minimum Gasteiger partial charge on any atom is -0.458 e. The molecule has 288 valence electrons. The molecule has 2 atom stereocenters. The minimum absolute atomic E-state index is 0.136. The molecule has 4 heterocycles. The molecule has 4 aromatic rings. The minimum atomic E-state index is -1.48. The topological polar surface area (TPSA) is 204 Å². The number of aliphatic hydroxyl groups is 1. The number of hydrogen-bond acceptors (Lipinski definition) is 10. The van der Waals surface area contributed by atoms with E-state index in [1.54, 1.807) is 50.8 Å². The highest BCUT2D eigenvalue weighted by molar-refractivity contribution is 5.97. The fraction of sp³-hybridized carbons (Fsp3) is 0.385. The molecule has 1 unspecified atom stereocenters. The number of aromatic nitrogens is 2. The zero-order chi connectivity index (χ0) is 39.7. The van der Waals surface area contributed by atoms with Crippen LogP contribution in [0.1, 0.15) is 72.2 Å². The second-order valence-corrected chi connectivity index (χ2v) is 12.5. The summed E-state index contributed by atoms with van der Waals surface area (Å²) in [6, 6.07) is 9.79. The summed E-state index contributed by atoms with van der Waals surface area (Å²) in [4.78, 5) is 61.5. The zero-order valence-corrected chi connectivity index (χ0v) is 31.3. The Bertz CT molecular complexity index is 2100. The number of ether oxygens (including phenoxy) is 2. The average Bonchev–Trinajstić information content (AvgIpc) is 3.56. The number of esters is 1. The normalized spacial score (nSPS) is 14.8. The number of fused-ring (bicyclic) bond motifs is 5. The molecule has 0 saturated heterocycles. The molecular weight excluding hydrogens is 699 g/mol. The molecule has 15 heteroatoms. The Balaban J connectivity index is 0.000000226. The second kappa shape index (κ2) is 18.5. The number of anilines is 1. The van der Waals surface area contributed by atoms with Crippen molar-refractivity contribution in [1.29, 1.82) is 0 Å². The highest BCUT2D eigenvalue weighted by atomic mass is 19.1. The molecule has 0 radical (unpaired) electrons. The van der Waals surface area contributed by atoms with Gasteiger partial charge in [-0.3, -0.25) is 19.2 Å². The number of halogens is 1. The van der Waals surface area contributed by atoms with Crippen molar-refractivity contribution in [3.05, 3.63) is 91.5 Å². The van der Waals surface area contributed by atoms with Crippen LogP contribution >= 0.6 is 0 Å². The van der Waals surface area contributed by atoms with Gasteiger partial charge in [-0.15, -0.1) is 0 Å². The molecule has 1 aliphatic carbocycles. The van der Waals surface area contributed by atoms with Crippen molar-refractivity contribution >= 4 is 40.8 Å². The lowest BCUT2D eigenvalue weighted by atomic mass is 9.85. The van der Waals surface area contributed by atoms with E-state index in [9.17, 15) is 28.7 Å². The van der Waals surface area contributed by atoms with Gasteiger partial charge < -0.3 is 40.8 Å². The molecule has 7 rings (SSSR count). The molecule has 0 spiro atoms. The van der Waals surface area contributed by atoms with Crippen LogP contribution in [0.3, 0.4) is 0 Å². The zero-order valence-electron chi connectivity index (χ0n) is 31.3. The lowest BCUT2D eigenvalue weighted by Gasteiger charge is -2.22. The molecule has 2 aromatic heterocycles. The molecule has 54 heavy (non-hydrogen) atoms. The number of benzene rings is 2. The van der Waals surface area contributed by atoms with E-state index in [2.05, 4.69) is 16.0 Å². The number of hydrogen-bond donors (Lipinski definition) is 5. The summed E-state index contributed by atoms with van der Waals surface area (Å²) in [5.41, 5.74) is 12.7. The number of pyridine rings is 2. The van der Waals surface area contributed by atoms with Gasteiger partial charge in [-0.25, -0.2) is 14.2 Å². The highest BCUT2D eigenvalue weighted by Gasteiger charge is 2.35. The van der Waals surface area contributed by atoms with Crippen molar-refractivity contribution < 1.29 is 38.1 Å². The first kappa shape index (κ1) is 41.2. The quantitative estimate of drug-likeness (QED) is 0.122. The Hall–Kier alpha value is -5.51. The monoisotopic (exact) mass is 746 g/mol. The van der Waals surface area contributed by atoms with Gasteiger partial charge in [0.05, 0.1) is 42.2 Å². The van der Waals surface area contributed by atoms with E-state index in [4.69, 9.17) is 25.0 Å². The number of rotatable bonds is 7. The number of cyclic esters (lactones) is 1. The predicted octanol–water partition coefficient (Wildman–Crippen LogP) is 3.07. The van der Waals surface area contributed by atoms with Gasteiger partial charge in [0.2, 0.25) is 18.2 Å². The summed E-state index contributed by atoms with van der Waals surface area (Å²) < 4.78 is 26.1. The number of carbonyl (C=O) groups is 4. The third-order valence-corrected chi connectivity index (χ3v) is 9.15. The standard InChI is InChI=1S/C22H17FN2O4.C13H19N3O3.C2H5NO.C2H6/c1-9-10-3-2-4-11-13-7-25-17(19(13)24-16(18(10)11)6-15(9)23)5-12-14(21(25)27)8-29-22(28)20(12)26;1-9(15-12(17)7-14)13(18)16-11-5-3-10(4-6-11)8-19-2;1-3-2-4;1-2/h5-6,20,26H,2-4,7-8H2,1H3;3-6,9H,7-8,14H2,1-2H3,(H,15,17)(H,16,18);2H,1H3,(H,3,4);1-2H3/t;9-;;/m.0../s1. The average molecular weight is 747 g/mol. The van der Waals surface area contributed by atoms with Gasteiger partial charge in [0.25, 0.3) is 5.56 Å². The van der Waals surface area contributed by atoms with E-state index in [0.29, 0.717) is 53.3 Å². The number of aryl methyl sites for hydroxylation is 2. The van der Waals surface area contributed by atoms with E-state index >= 15 is 0 Å². The van der Waals surface area contributed by atoms with Crippen LogP contribution in [0.5, 0.6) is 0 Å². The predicted molar refractivity (Wildman–Crippen MR) is 201 cm³/mol. The van der Waals surface area contributed by atoms with Crippen LogP contribution in [-0.4, -0.2) is 65.6 Å². The Morgan fingerprint density at radius 3 is 2.43 bits per heavy atom. The fourth-order valence-electron chi connectivity index (χ4n) is 6.53. The van der Waals surface area contributed by atoms with Crippen LogP contribution in [0.25, 0.3) is 22.3 Å². The number of nitrogens with zero attached hydrogens (tertiary/aromatic N) is 2. The molecule has 3 aliphatic rings. The van der Waals surface area contributed by atoms with Gasteiger partial charge >= 0.3 is 5.97 Å². The van der Waals surface area contributed by atoms with E-state index < -0.39 is 18.1 Å². The molecular formula is C39H47FN6O8. The first-order valence-electron chi connectivity index (χ1n) is 17.7. The van der Waals surface area contributed by atoms with Crippen LogP contribution in [0.15, 0.2) is 41.2 Å². The molecule has 0 bridgehead atoms. The van der Waals surface area contributed by atoms with Gasteiger partial charge in [-0.1, -0.05) is 26.0 Å². The van der Waals surface area contributed by atoms with Gasteiger partial charge in [0.1, 0.15) is 18.5 Å². The third kappa shape index (κ3) is 8.65. The highest BCUT2D eigenvalue weighted by Crippen LogP contribution is 2.42. The Kier molecular flexibility index (Phi) is 14.1. The summed E-state index contributed by atoms with van der Waals surface area (Å²) in [7, 11) is 3.19. The van der Waals surface area contributed by atoms with Crippen molar-refractivity contribution in [2.45, 2.75) is 78.9 Å². The fourth-order valence-corrected chi connectivity index (χ4v) is 6.53. The van der Waals surface area contributed by atoms with E-state index in [1.807, 2.05) is 26.0 Å².